The van der Waals surface area contributed by atoms with Crippen molar-refractivity contribution in [1.82, 2.24) is 0 Å². The van der Waals surface area contributed by atoms with E-state index < -0.39 is 11.7 Å². The van der Waals surface area contributed by atoms with Crippen molar-refractivity contribution in [1.29, 1.82) is 0 Å². The van der Waals surface area contributed by atoms with Crippen LogP contribution in [0.1, 0.15) is 15.9 Å². The second-order valence-electron chi connectivity index (χ2n) is 4.13. The minimum atomic E-state index is -0.626. The molecule has 0 aliphatic heterocycles. The summed E-state index contributed by atoms with van der Waals surface area (Å²) in [5.74, 6) is -0.366. The number of nitrogens with one attached hydrogen (secondary N) is 1. The van der Waals surface area contributed by atoms with Gasteiger partial charge in [-0.05, 0) is 29.8 Å². The number of carbonyl (C=O) groups is 1. The largest absolute Gasteiger partial charge is 0.497 e. The van der Waals surface area contributed by atoms with Crippen molar-refractivity contribution >= 4 is 23.2 Å². The fraction of sp³-hybridized carbons (Fsp3) is 0.133. The molecule has 0 aromatic heterocycles. The van der Waals surface area contributed by atoms with Crippen LogP contribution in [0.3, 0.4) is 0 Å². The highest BCUT2D eigenvalue weighted by Crippen LogP contribution is 2.18. The first-order valence-corrected chi connectivity index (χ1v) is 6.47. The molecule has 104 valence electrons. The number of methoxy groups -OCH3 is 1. The van der Waals surface area contributed by atoms with Crippen LogP contribution in [0.15, 0.2) is 42.5 Å². The summed E-state index contributed by atoms with van der Waals surface area (Å²) in [5, 5.41) is 2.62. The minimum absolute atomic E-state index is 0.0350. The third kappa shape index (κ3) is 3.27. The molecule has 20 heavy (non-hydrogen) atoms. The molecule has 0 aliphatic rings. The smallest absolute Gasteiger partial charge is 0.258 e. The van der Waals surface area contributed by atoms with Crippen molar-refractivity contribution < 1.29 is 13.9 Å². The second kappa shape index (κ2) is 6.39. The quantitative estimate of drug-likeness (QED) is 0.870. The van der Waals surface area contributed by atoms with Gasteiger partial charge in [0, 0.05) is 17.6 Å². The molecule has 0 unspecified atom stereocenters. The molecule has 0 bridgehead atoms. The fourth-order valence-electron chi connectivity index (χ4n) is 1.68. The zero-order chi connectivity index (χ0) is 14.5. The first kappa shape index (κ1) is 14.3. The molecule has 1 amide bonds. The number of halogens is 2. The Hall–Kier alpha value is -2.07. The van der Waals surface area contributed by atoms with Crippen LogP contribution in [0, 0.1) is 5.82 Å². The van der Waals surface area contributed by atoms with E-state index in [1.165, 1.54) is 25.3 Å². The number of hydrogen-bond donors (Lipinski definition) is 1. The number of rotatable bonds is 4. The topological polar surface area (TPSA) is 38.3 Å². The van der Waals surface area contributed by atoms with Crippen LogP contribution in [0.5, 0.6) is 5.75 Å². The average Bonchev–Trinajstić information content (AvgIpc) is 2.47. The number of carbonyl (C=O) groups excluding carboxylic acids is 1. The van der Waals surface area contributed by atoms with Gasteiger partial charge in [0.1, 0.15) is 11.6 Å². The van der Waals surface area contributed by atoms with Crippen LogP contribution in [0.2, 0.25) is 0 Å². The lowest BCUT2D eigenvalue weighted by Crippen LogP contribution is -2.13. The normalized spacial score (nSPS) is 10.2. The molecular weight excluding hydrogens is 281 g/mol. The van der Waals surface area contributed by atoms with E-state index >= 15 is 0 Å². The molecule has 2 aromatic rings. The maximum Gasteiger partial charge on any atom is 0.258 e. The van der Waals surface area contributed by atoms with Gasteiger partial charge in [-0.15, -0.1) is 11.6 Å². The first-order chi connectivity index (χ1) is 9.63. The zero-order valence-electron chi connectivity index (χ0n) is 10.8. The van der Waals surface area contributed by atoms with Crippen molar-refractivity contribution in [2.75, 3.05) is 12.4 Å². The third-order valence-electron chi connectivity index (χ3n) is 2.79. The third-order valence-corrected chi connectivity index (χ3v) is 3.10. The summed E-state index contributed by atoms with van der Waals surface area (Å²) >= 11 is 5.68. The molecule has 0 fully saturated rings. The van der Waals surface area contributed by atoms with E-state index in [0.29, 0.717) is 17.3 Å². The van der Waals surface area contributed by atoms with E-state index in [2.05, 4.69) is 5.32 Å². The van der Waals surface area contributed by atoms with E-state index in [4.69, 9.17) is 16.3 Å². The van der Waals surface area contributed by atoms with Gasteiger partial charge in [-0.1, -0.05) is 12.1 Å². The van der Waals surface area contributed by atoms with Crippen LogP contribution in [0.4, 0.5) is 10.1 Å². The number of hydrogen-bond acceptors (Lipinski definition) is 2. The Morgan fingerprint density at radius 2 is 1.95 bits per heavy atom. The molecule has 0 atom stereocenters. The molecule has 5 heteroatoms. The fourth-order valence-corrected chi connectivity index (χ4v) is 1.86. The van der Waals surface area contributed by atoms with Crippen molar-refractivity contribution in [3.8, 4) is 5.75 Å². The Balaban J connectivity index is 2.14. The van der Waals surface area contributed by atoms with E-state index in [-0.39, 0.29) is 5.56 Å². The molecule has 0 radical (unpaired) electrons. The number of benzene rings is 2. The van der Waals surface area contributed by atoms with E-state index in [1.807, 2.05) is 0 Å². The highest BCUT2D eigenvalue weighted by Gasteiger charge is 2.12. The van der Waals surface area contributed by atoms with Gasteiger partial charge >= 0.3 is 0 Å². The Morgan fingerprint density at radius 1 is 1.25 bits per heavy atom. The van der Waals surface area contributed by atoms with Crippen LogP contribution in [-0.2, 0) is 5.88 Å². The molecule has 2 aromatic carbocycles. The lowest BCUT2D eigenvalue weighted by Gasteiger charge is -2.08. The van der Waals surface area contributed by atoms with Gasteiger partial charge in [0.15, 0.2) is 0 Å². The summed E-state index contributed by atoms with van der Waals surface area (Å²) in [7, 11) is 1.44. The molecule has 0 saturated heterocycles. The van der Waals surface area contributed by atoms with E-state index in [9.17, 15) is 9.18 Å². The molecule has 3 nitrogen and oxygen atoms in total. The number of anilines is 1. The lowest BCUT2D eigenvalue weighted by atomic mass is 10.1. The van der Waals surface area contributed by atoms with Crippen LogP contribution in [0.25, 0.3) is 0 Å². The predicted molar refractivity (Wildman–Crippen MR) is 76.9 cm³/mol. The Morgan fingerprint density at radius 3 is 2.50 bits per heavy atom. The second-order valence-corrected chi connectivity index (χ2v) is 4.40. The standard InChI is InChI=1S/C15H13ClFNO2/c1-20-12-6-7-13(14(17)8-12)15(19)18-11-4-2-10(9-16)3-5-11/h2-8H,9H2,1H3,(H,18,19). The summed E-state index contributed by atoms with van der Waals surface area (Å²) < 4.78 is 18.6. The van der Waals surface area contributed by atoms with Crippen molar-refractivity contribution in [2.45, 2.75) is 5.88 Å². The highest BCUT2D eigenvalue weighted by atomic mass is 35.5. The maximum atomic E-state index is 13.8. The molecule has 0 saturated carbocycles. The molecule has 1 N–H and O–H groups in total. The van der Waals surface area contributed by atoms with Gasteiger partial charge in [0.2, 0.25) is 0 Å². The Labute approximate surface area is 121 Å². The van der Waals surface area contributed by atoms with E-state index in [0.717, 1.165) is 5.56 Å². The van der Waals surface area contributed by atoms with Gasteiger partial charge in [0.05, 0.1) is 12.7 Å². The van der Waals surface area contributed by atoms with Gasteiger partial charge in [-0.25, -0.2) is 4.39 Å². The minimum Gasteiger partial charge on any atom is -0.497 e. The summed E-state index contributed by atoms with van der Waals surface area (Å²) in [6.07, 6.45) is 0. The molecule has 0 spiro atoms. The average molecular weight is 294 g/mol. The Bertz CT molecular complexity index is 614. The van der Waals surface area contributed by atoms with Gasteiger partial charge in [0.25, 0.3) is 5.91 Å². The predicted octanol–water partition coefficient (Wildman–Crippen LogP) is 3.83. The number of ether oxygens (including phenoxy) is 1. The highest BCUT2D eigenvalue weighted by molar-refractivity contribution is 6.17. The molecule has 0 aliphatic carbocycles. The lowest BCUT2D eigenvalue weighted by molar-refractivity contribution is 0.102. The van der Waals surface area contributed by atoms with Crippen molar-refractivity contribution in [3.05, 3.63) is 59.4 Å². The SMILES string of the molecule is COc1ccc(C(=O)Nc2ccc(CCl)cc2)c(F)c1. The summed E-state index contributed by atoms with van der Waals surface area (Å²) in [4.78, 5) is 12.0. The van der Waals surface area contributed by atoms with Gasteiger partial charge in [-0.2, -0.15) is 0 Å². The maximum absolute atomic E-state index is 13.8. The summed E-state index contributed by atoms with van der Waals surface area (Å²) in [6.45, 7) is 0. The van der Waals surface area contributed by atoms with Gasteiger partial charge < -0.3 is 10.1 Å². The van der Waals surface area contributed by atoms with Crippen LogP contribution < -0.4 is 10.1 Å². The summed E-state index contributed by atoms with van der Waals surface area (Å²) in [6, 6.07) is 11.1. The first-order valence-electron chi connectivity index (χ1n) is 5.94. The van der Waals surface area contributed by atoms with Gasteiger partial charge in [-0.3, -0.25) is 4.79 Å². The molecule has 2 rings (SSSR count). The van der Waals surface area contributed by atoms with Crippen molar-refractivity contribution in [3.63, 3.8) is 0 Å². The zero-order valence-corrected chi connectivity index (χ0v) is 11.6. The molecular formula is C15H13ClFNO2. The number of alkyl halides is 1. The van der Waals surface area contributed by atoms with Crippen molar-refractivity contribution in [2.24, 2.45) is 0 Å². The summed E-state index contributed by atoms with van der Waals surface area (Å²) in [5.41, 5.74) is 1.49. The van der Waals surface area contributed by atoms with Crippen LogP contribution in [-0.4, -0.2) is 13.0 Å². The number of amides is 1. The Kier molecular flexibility index (Phi) is 4.58. The molecule has 0 heterocycles. The van der Waals surface area contributed by atoms with Crippen LogP contribution >= 0.6 is 11.6 Å². The van der Waals surface area contributed by atoms with E-state index in [1.54, 1.807) is 24.3 Å². The monoisotopic (exact) mass is 293 g/mol.